The van der Waals surface area contributed by atoms with Crippen LogP contribution in [0.3, 0.4) is 0 Å². The first-order chi connectivity index (χ1) is 13.0. The van der Waals surface area contributed by atoms with Crippen LogP contribution in [0.15, 0.2) is 59.0 Å². The number of thioether (sulfide) groups is 1. The number of nitrogens with one attached hydrogen (secondary N) is 1. The Labute approximate surface area is 158 Å². The molecule has 0 aromatic heterocycles. The van der Waals surface area contributed by atoms with E-state index in [1.54, 1.807) is 24.3 Å². The summed E-state index contributed by atoms with van der Waals surface area (Å²) in [5.74, 6) is -2.81. The lowest BCUT2D eigenvalue weighted by atomic mass is 10.1. The number of ether oxygens (including phenoxy) is 1. The predicted octanol–water partition coefficient (Wildman–Crippen LogP) is 4.45. The summed E-state index contributed by atoms with van der Waals surface area (Å²) in [5.41, 5.74) is 0.672. The molecule has 0 atom stereocenters. The van der Waals surface area contributed by atoms with Crippen molar-refractivity contribution in [1.29, 1.82) is 10.5 Å². The van der Waals surface area contributed by atoms with Crippen molar-refractivity contribution in [3.8, 4) is 17.9 Å². The van der Waals surface area contributed by atoms with E-state index < -0.39 is 11.7 Å². The number of amides is 1. The van der Waals surface area contributed by atoms with Crippen molar-refractivity contribution in [2.24, 2.45) is 0 Å². The van der Waals surface area contributed by atoms with Gasteiger partial charge in [0.1, 0.15) is 23.5 Å². The Morgan fingerprint density at radius 2 is 1.89 bits per heavy atom. The van der Waals surface area contributed by atoms with E-state index in [1.165, 1.54) is 30.3 Å². The highest BCUT2D eigenvalue weighted by Crippen LogP contribution is 2.26. The lowest BCUT2D eigenvalue weighted by molar-refractivity contribution is -0.112. The van der Waals surface area contributed by atoms with Gasteiger partial charge in [0.15, 0.2) is 6.61 Å². The van der Waals surface area contributed by atoms with Crippen LogP contribution >= 0.6 is 11.8 Å². The summed E-state index contributed by atoms with van der Waals surface area (Å²) in [6, 6.07) is 16.2. The van der Waals surface area contributed by atoms with Crippen LogP contribution < -0.4 is 10.1 Å². The third-order valence-electron chi connectivity index (χ3n) is 3.21. The summed E-state index contributed by atoms with van der Waals surface area (Å²) >= 11 is 0.400. The van der Waals surface area contributed by atoms with Crippen molar-refractivity contribution in [3.63, 3.8) is 0 Å². The molecule has 0 unspecified atom stereocenters. The highest BCUT2D eigenvalue weighted by molar-refractivity contribution is 7.99. The van der Waals surface area contributed by atoms with Gasteiger partial charge in [-0.05, 0) is 36.4 Å². The molecule has 1 amide bonds. The fraction of sp³-hybridized carbons (Fsp3) is 0.105. The summed E-state index contributed by atoms with van der Waals surface area (Å²) in [6.45, 7) is -0.165. The number of hydrogen-bond donors (Lipinski definition) is 1. The van der Waals surface area contributed by atoms with E-state index in [9.17, 15) is 18.8 Å². The van der Waals surface area contributed by atoms with Gasteiger partial charge in [0.25, 0.3) is 11.7 Å². The number of alkyl halides is 2. The Hall–Kier alpha value is -3.36. The van der Waals surface area contributed by atoms with Crippen LogP contribution in [0.5, 0.6) is 5.75 Å². The van der Waals surface area contributed by atoms with Crippen LogP contribution in [0.2, 0.25) is 0 Å². The van der Waals surface area contributed by atoms with Gasteiger partial charge in [0.05, 0.1) is 0 Å². The first-order valence-electron chi connectivity index (χ1n) is 7.60. The van der Waals surface area contributed by atoms with Crippen molar-refractivity contribution in [1.82, 2.24) is 0 Å². The van der Waals surface area contributed by atoms with Crippen LogP contribution in [0, 0.1) is 22.7 Å². The SMILES string of the molecule is N#CCOc1ccccc1/C=C(\C#N)C(=O)Nc1ccc(SC(F)F)cc1. The fourth-order valence-electron chi connectivity index (χ4n) is 2.06. The molecule has 0 saturated carbocycles. The largest absolute Gasteiger partial charge is 0.478 e. The number of hydrogen-bond acceptors (Lipinski definition) is 5. The van der Waals surface area contributed by atoms with Gasteiger partial charge in [-0.25, -0.2) is 0 Å². The molecule has 8 heteroatoms. The zero-order chi connectivity index (χ0) is 19.6. The quantitative estimate of drug-likeness (QED) is 0.432. The second-order valence-corrected chi connectivity index (χ2v) is 6.07. The van der Waals surface area contributed by atoms with Gasteiger partial charge in [-0.2, -0.15) is 19.3 Å². The Balaban J connectivity index is 2.16. The molecule has 0 saturated heterocycles. The topological polar surface area (TPSA) is 85.9 Å². The molecule has 0 aliphatic heterocycles. The Bertz CT molecular complexity index is 916. The molecule has 0 spiro atoms. The zero-order valence-electron chi connectivity index (χ0n) is 13.9. The molecular weight excluding hydrogens is 372 g/mol. The van der Waals surface area contributed by atoms with Gasteiger partial charge in [0.2, 0.25) is 0 Å². The number of benzene rings is 2. The third kappa shape index (κ3) is 6.14. The minimum Gasteiger partial charge on any atom is -0.478 e. The monoisotopic (exact) mass is 385 g/mol. The molecule has 0 bridgehead atoms. The van der Waals surface area contributed by atoms with E-state index >= 15 is 0 Å². The number of halogens is 2. The normalized spacial score (nSPS) is 10.8. The summed E-state index contributed by atoms with van der Waals surface area (Å²) in [5, 5.41) is 20.4. The van der Waals surface area contributed by atoms with Crippen molar-refractivity contribution in [2.45, 2.75) is 10.7 Å². The van der Waals surface area contributed by atoms with Crippen LogP contribution in [0.1, 0.15) is 5.56 Å². The smallest absolute Gasteiger partial charge is 0.288 e. The van der Waals surface area contributed by atoms with Crippen molar-refractivity contribution in [2.75, 3.05) is 11.9 Å². The Kier molecular flexibility index (Phi) is 7.36. The third-order valence-corrected chi connectivity index (χ3v) is 3.94. The fourth-order valence-corrected chi connectivity index (χ4v) is 2.56. The molecule has 2 rings (SSSR count). The van der Waals surface area contributed by atoms with E-state index in [0.717, 1.165) is 0 Å². The lowest BCUT2D eigenvalue weighted by Gasteiger charge is -2.08. The van der Waals surface area contributed by atoms with Gasteiger partial charge in [0, 0.05) is 16.1 Å². The molecule has 27 heavy (non-hydrogen) atoms. The Morgan fingerprint density at radius 1 is 1.19 bits per heavy atom. The van der Waals surface area contributed by atoms with Crippen LogP contribution in [0.25, 0.3) is 6.08 Å². The van der Waals surface area contributed by atoms with Gasteiger partial charge in [-0.3, -0.25) is 4.79 Å². The minimum atomic E-state index is -2.53. The second kappa shape index (κ2) is 9.95. The zero-order valence-corrected chi connectivity index (χ0v) is 14.7. The molecule has 2 aromatic carbocycles. The van der Waals surface area contributed by atoms with Crippen LogP contribution in [-0.4, -0.2) is 18.3 Å². The predicted molar refractivity (Wildman–Crippen MR) is 98.1 cm³/mol. The van der Waals surface area contributed by atoms with E-state index in [0.29, 0.717) is 33.7 Å². The number of para-hydroxylation sites is 1. The van der Waals surface area contributed by atoms with Gasteiger partial charge >= 0.3 is 0 Å². The standard InChI is InChI=1S/C19H13F2N3O2S/c20-19(21)27-16-7-5-15(6-8-16)24-18(25)14(12-23)11-13-3-1-2-4-17(13)26-10-9-22/h1-8,11,19H,10H2,(H,24,25)/b14-11+. The number of carbonyl (C=O) groups excluding carboxylic acids is 1. The van der Waals surface area contributed by atoms with E-state index in [4.69, 9.17) is 10.00 Å². The maximum atomic E-state index is 12.3. The summed E-state index contributed by atoms with van der Waals surface area (Å²) in [4.78, 5) is 12.7. The lowest BCUT2D eigenvalue weighted by Crippen LogP contribution is -2.13. The highest BCUT2D eigenvalue weighted by atomic mass is 32.2. The molecule has 0 aliphatic rings. The second-order valence-electron chi connectivity index (χ2n) is 5.01. The first-order valence-corrected chi connectivity index (χ1v) is 8.48. The van der Waals surface area contributed by atoms with Crippen LogP contribution in [0.4, 0.5) is 14.5 Å². The van der Waals surface area contributed by atoms with Gasteiger partial charge in [-0.1, -0.05) is 30.0 Å². The van der Waals surface area contributed by atoms with Crippen molar-refractivity contribution < 1.29 is 18.3 Å². The molecule has 1 N–H and O–H groups in total. The molecular formula is C19H13F2N3O2S. The van der Waals surface area contributed by atoms with Crippen molar-refractivity contribution in [3.05, 3.63) is 59.7 Å². The molecule has 2 aromatic rings. The number of carbonyl (C=O) groups is 1. The van der Waals surface area contributed by atoms with E-state index in [1.807, 2.05) is 12.1 Å². The minimum absolute atomic E-state index is 0.165. The molecule has 5 nitrogen and oxygen atoms in total. The number of rotatable bonds is 7. The van der Waals surface area contributed by atoms with Crippen LogP contribution in [-0.2, 0) is 4.79 Å². The summed E-state index contributed by atoms with van der Waals surface area (Å²) in [6.07, 6.45) is 1.35. The average Bonchev–Trinajstić information content (AvgIpc) is 2.66. The highest BCUT2D eigenvalue weighted by Gasteiger charge is 2.12. The molecule has 0 aliphatic carbocycles. The van der Waals surface area contributed by atoms with E-state index in [-0.39, 0.29) is 12.2 Å². The maximum absolute atomic E-state index is 12.3. The average molecular weight is 385 g/mol. The van der Waals surface area contributed by atoms with Gasteiger partial charge < -0.3 is 10.1 Å². The molecule has 0 fully saturated rings. The van der Waals surface area contributed by atoms with E-state index in [2.05, 4.69) is 5.32 Å². The summed E-state index contributed by atoms with van der Waals surface area (Å²) < 4.78 is 29.9. The van der Waals surface area contributed by atoms with Gasteiger partial charge in [-0.15, -0.1) is 0 Å². The molecule has 0 heterocycles. The van der Waals surface area contributed by atoms with Crippen molar-refractivity contribution >= 4 is 29.4 Å². The Morgan fingerprint density at radius 3 is 2.52 bits per heavy atom. The number of nitriles is 2. The number of anilines is 1. The molecule has 136 valence electrons. The number of nitrogens with zero attached hydrogens (tertiary/aromatic N) is 2. The first kappa shape index (κ1) is 20.0. The molecule has 0 radical (unpaired) electrons. The summed E-state index contributed by atoms with van der Waals surface area (Å²) in [7, 11) is 0. The maximum Gasteiger partial charge on any atom is 0.288 e.